The molecule has 3 rings (SSSR count). The smallest absolute Gasteiger partial charge is 0.351 e. The van der Waals surface area contributed by atoms with Crippen LogP contribution in [0.25, 0.3) is 10.1 Å². The van der Waals surface area contributed by atoms with Crippen LogP contribution in [-0.2, 0) is 9.53 Å². The monoisotopic (exact) mass is 407 g/mol. The molecule has 0 aliphatic rings. The molecule has 1 atom stereocenters. The van der Waals surface area contributed by atoms with Crippen molar-refractivity contribution in [3.05, 3.63) is 69.0 Å². The van der Waals surface area contributed by atoms with Gasteiger partial charge in [-0.05, 0) is 12.1 Å². The number of likely N-dealkylation sites (N-methyl/N-ethyl adjacent to an activating group) is 1. The highest BCUT2D eigenvalue weighted by atomic mass is 35.5. The molecule has 2 aromatic carbocycles. The molecule has 1 heterocycles. The van der Waals surface area contributed by atoms with Gasteiger partial charge in [0.25, 0.3) is 5.91 Å². The molecule has 134 valence electrons. The highest BCUT2D eigenvalue weighted by Gasteiger charge is 2.29. The van der Waals surface area contributed by atoms with Gasteiger partial charge in [-0.3, -0.25) is 4.79 Å². The number of fused-ring (bicyclic) bond motifs is 1. The van der Waals surface area contributed by atoms with Crippen molar-refractivity contribution in [2.75, 3.05) is 14.1 Å². The van der Waals surface area contributed by atoms with Gasteiger partial charge >= 0.3 is 5.97 Å². The van der Waals surface area contributed by atoms with Crippen LogP contribution in [0.4, 0.5) is 0 Å². The maximum atomic E-state index is 12.7. The Kier molecular flexibility index (Phi) is 5.51. The van der Waals surface area contributed by atoms with Crippen LogP contribution in [0.15, 0.2) is 48.5 Å². The maximum Gasteiger partial charge on any atom is 0.351 e. The Morgan fingerprint density at radius 2 is 1.77 bits per heavy atom. The topological polar surface area (TPSA) is 46.6 Å². The quantitative estimate of drug-likeness (QED) is 0.558. The van der Waals surface area contributed by atoms with E-state index in [9.17, 15) is 9.59 Å². The van der Waals surface area contributed by atoms with Crippen LogP contribution in [0.3, 0.4) is 0 Å². The van der Waals surface area contributed by atoms with Gasteiger partial charge in [0.05, 0.1) is 5.02 Å². The molecule has 0 spiro atoms. The second-order valence-electron chi connectivity index (χ2n) is 5.81. The van der Waals surface area contributed by atoms with Gasteiger partial charge in [0, 0.05) is 34.8 Å². The molecular formula is C19H15Cl2NO3S. The van der Waals surface area contributed by atoms with Gasteiger partial charge in [-0.2, -0.15) is 0 Å². The number of carbonyl (C=O) groups excluding carboxylic acids is 2. The van der Waals surface area contributed by atoms with E-state index in [1.807, 2.05) is 6.07 Å². The molecule has 0 aliphatic carbocycles. The number of thiophene rings is 1. The van der Waals surface area contributed by atoms with Gasteiger partial charge in [-0.25, -0.2) is 4.79 Å². The predicted octanol–water partition coefficient (Wildman–Crippen LogP) is 5.19. The second kappa shape index (κ2) is 7.66. The molecule has 0 bridgehead atoms. The fraction of sp³-hybridized carbons (Fsp3) is 0.158. The third-order valence-corrected chi connectivity index (χ3v) is 5.64. The zero-order valence-electron chi connectivity index (χ0n) is 14.0. The van der Waals surface area contributed by atoms with Crippen LogP contribution in [0, 0.1) is 0 Å². The van der Waals surface area contributed by atoms with Crippen LogP contribution in [0.1, 0.15) is 21.3 Å². The van der Waals surface area contributed by atoms with E-state index in [0.29, 0.717) is 15.6 Å². The number of carbonyl (C=O) groups is 2. The molecule has 0 unspecified atom stereocenters. The first kappa shape index (κ1) is 18.7. The highest BCUT2D eigenvalue weighted by molar-refractivity contribution is 7.21. The average molecular weight is 408 g/mol. The summed E-state index contributed by atoms with van der Waals surface area (Å²) in [5.41, 5.74) is 0.597. The number of esters is 1. The maximum absolute atomic E-state index is 12.7. The molecule has 4 nitrogen and oxygen atoms in total. The van der Waals surface area contributed by atoms with Crippen molar-refractivity contribution in [3.63, 3.8) is 0 Å². The Bertz CT molecular complexity index is 970. The van der Waals surface area contributed by atoms with Gasteiger partial charge in [0.15, 0.2) is 0 Å². The van der Waals surface area contributed by atoms with Crippen molar-refractivity contribution in [2.45, 2.75) is 6.10 Å². The molecule has 7 heteroatoms. The van der Waals surface area contributed by atoms with Crippen LogP contribution < -0.4 is 0 Å². The Morgan fingerprint density at radius 3 is 2.42 bits per heavy atom. The molecule has 26 heavy (non-hydrogen) atoms. The molecule has 0 N–H and O–H groups in total. The van der Waals surface area contributed by atoms with E-state index >= 15 is 0 Å². The predicted molar refractivity (Wildman–Crippen MR) is 105 cm³/mol. The molecule has 0 aliphatic heterocycles. The molecule has 1 aromatic heterocycles. The van der Waals surface area contributed by atoms with E-state index < -0.39 is 12.1 Å². The van der Waals surface area contributed by atoms with Crippen molar-refractivity contribution in [1.82, 2.24) is 4.90 Å². The lowest BCUT2D eigenvalue weighted by molar-refractivity contribution is -0.138. The van der Waals surface area contributed by atoms with Crippen molar-refractivity contribution in [1.29, 1.82) is 0 Å². The zero-order valence-corrected chi connectivity index (χ0v) is 16.4. The molecule has 3 aromatic rings. The largest absolute Gasteiger partial charge is 0.443 e. The Hall–Kier alpha value is -2.08. The number of rotatable bonds is 4. The third kappa shape index (κ3) is 3.70. The average Bonchev–Trinajstić information content (AvgIpc) is 2.95. The molecule has 0 radical (unpaired) electrons. The summed E-state index contributed by atoms with van der Waals surface area (Å²) in [6, 6.07) is 14.1. The van der Waals surface area contributed by atoms with Crippen molar-refractivity contribution in [2.24, 2.45) is 0 Å². The van der Waals surface area contributed by atoms with E-state index in [4.69, 9.17) is 27.9 Å². The standard InChI is InChI=1S/C19H15Cl2NO3S/c1-22(2)18(23)16(11-6-4-3-5-7-11)25-19(24)17-15(21)13-9-8-12(20)10-14(13)26-17/h3-10,16H,1-2H3/t16-/m0/s1. The Morgan fingerprint density at radius 1 is 1.08 bits per heavy atom. The summed E-state index contributed by atoms with van der Waals surface area (Å²) in [6.45, 7) is 0. The number of ether oxygens (including phenoxy) is 1. The minimum absolute atomic E-state index is 0.247. The number of benzene rings is 2. The fourth-order valence-electron chi connectivity index (χ4n) is 2.45. The van der Waals surface area contributed by atoms with Crippen molar-refractivity contribution >= 4 is 56.5 Å². The van der Waals surface area contributed by atoms with E-state index in [0.717, 1.165) is 10.1 Å². The molecule has 0 saturated heterocycles. The molecule has 1 amide bonds. The fourth-order valence-corrected chi connectivity index (χ4v) is 4.12. The number of halogens is 2. The van der Waals surface area contributed by atoms with Gasteiger partial charge in [-0.1, -0.05) is 59.6 Å². The lowest BCUT2D eigenvalue weighted by Gasteiger charge is -2.21. The lowest BCUT2D eigenvalue weighted by atomic mass is 10.1. The summed E-state index contributed by atoms with van der Waals surface area (Å²) in [5, 5.41) is 1.58. The van der Waals surface area contributed by atoms with Crippen LogP contribution in [0.2, 0.25) is 10.0 Å². The summed E-state index contributed by atoms with van der Waals surface area (Å²) < 4.78 is 6.33. The molecular weight excluding hydrogens is 393 g/mol. The third-order valence-electron chi connectivity index (χ3n) is 3.77. The normalized spacial score (nSPS) is 12.0. The van der Waals surface area contributed by atoms with Crippen LogP contribution in [-0.4, -0.2) is 30.9 Å². The van der Waals surface area contributed by atoms with E-state index in [1.165, 1.54) is 16.2 Å². The Balaban J connectivity index is 1.95. The molecule has 0 fully saturated rings. The summed E-state index contributed by atoms with van der Waals surface area (Å²) in [6.07, 6.45) is -1.04. The second-order valence-corrected chi connectivity index (χ2v) is 7.68. The van der Waals surface area contributed by atoms with Crippen LogP contribution in [0.5, 0.6) is 0 Å². The number of hydrogen-bond acceptors (Lipinski definition) is 4. The summed E-state index contributed by atoms with van der Waals surface area (Å²) in [7, 11) is 3.22. The minimum atomic E-state index is -1.04. The van der Waals surface area contributed by atoms with Crippen molar-refractivity contribution < 1.29 is 14.3 Å². The van der Waals surface area contributed by atoms with Gasteiger partial charge < -0.3 is 9.64 Å². The van der Waals surface area contributed by atoms with Crippen molar-refractivity contribution in [3.8, 4) is 0 Å². The lowest BCUT2D eigenvalue weighted by Crippen LogP contribution is -2.31. The summed E-state index contributed by atoms with van der Waals surface area (Å²) >= 11 is 13.5. The zero-order chi connectivity index (χ0) is 18.8. The SMILES string of the molecule is CN(C)C(=O)[C@@H](OC(=O)c1sc2cc(Cl)ccc2c1Cl)c1ccccc1. The Labute approximate surface area is 164 Å². The first-order valence-electron chi connectivity index (χ1n) is 7.73. The molecule has 0 saturated carbocycles. The van der Waals surface area contributed by atoms with E-state index in [-0.39, 0.29) is 10.8 Å². The summed E-state index contributed by atoms with van der Waals surface area (Å²) in [4.78, 5) is 26.9. The highest BCUT2D eigenvalue weighted by Crippen LogP contribution is 2.38. The van der Waals surface area contributed by atoms with Gasteiger partial charge in [-0.15, -0.1) is 11.3 Å². The summed E-state index contributed by atoms with van der Waals surface area (Å²) in [5.74, 6) is -0.971. The number of amides is 1. The van der Waals surface area contributed by atoms with E-state index in [2.05, 4.69) is 0 Å². The number of hydrogen-bond donors (Lipinski definition) is 0. The first-order valence-corrected chi connectivity index (χ1v) is 9.30. The first-order chi connectivity index (χ1) is 12.4. The van der Waals surface area contributed by atoms with Gasteiger partial charge in [0.1, 0.15) is 4.88 Å². The minimum Gasteiger partial charge on any atom is -0.443 e. The van der Waals surface area contributed by atoms with E-state index in [1.54, 1.807) is 56.6 Å². The van der Waals surface area contributed by atoms with Gasteiger partial charge in [0.2, 0.25) is 6.10 Å². The van der Waals surface area contributed by atoms with Crippen LogP contribution >= 0.6 is 34.5 Å². The number of nitrogens with zero attached hydrogens (tertiary/aromatic N) is 1.